The van der Waals surface area contributed by atoms with Crippen molar-refractivity contribution in [2.75, 3.05) is 13.1 Å². The Morgan fingerprint density at radius 2 is 1.75 bits per heavy atom. The minimum atomic E-state index is -0.0730. The molecule has 1 rings (SSSR count). The van der Waals surface area contributed by atoms with E-state index in [9.17, 15) is 4.79 Å². The number of carbonyl (C=O) groups is 1. The molecular formula is C13H18ClNO. The topological polar surface area (TPSA) is 20.3 Å². The first-order valence-corrected chi connectivity index (χ1v) is 6.01. The average Bonchev–Trinajstić information content (AvgIpc) is 2.30. The number of hydrogen-bond acceptors (Lipinski definition) is 2. The predicted octanol–water partition coefficient (Wildman–Crippen LogP) is 3.25. The summed E-state index contributed by atoms with van der Waals surface area (Å²) in [6.45, 7) is 7.85. The second-order valence-corrected chi connectivity index (χ2v) is 4.20. The highest BCUT2D eigenvalue weighted by atomic mass is 35.5. The molecule has 1 aromatic rings. The lowest BCUT2D eigenvalue weighted by Gasteiger charge is -2.25. The van der Waals surface area contributed by atoms with E-state index in [0.29, 0.717) is 5.02 Å². The van der Waals surface area contributed by atoms with Crippen LogP contribution in [0.25, 0.3) is 0 Å². The van der Waals surface area contributed by atoms with Gasteiger partial charge in [0.1, 0.15) is 0 Å². The highest BCUT2D eigenvalue weighted by Gasteiger charge is 2.19. The SMILES string of the molecule is CCN(CC)C(C)C(=O)c1ccc(Cl)cc1. The molecule has 1 unspecified atom stereocenters. The molecule has 2 nitrogen and oxygen atoms in total. The first kappa shape index (κ1) is 13.2. The van der Waals surface area contributed by atoms with Crippen LogP contribution in [0.15, 0.2) is 24.3 Å². The van der Waals surface area contributed by atoms with Crippen LogP contribution in [0.2, 0.25) is 5.02 Å². The number of likely N-dealkylation sites (N-methyl/N-ethyl adjacent to an activating group) is 1. The van der Waals surface area contributed by atoms with Gasteiger partial charge in [-0.25, -0.2) is 0 Å². The highest BCUT2D eigenvalue weighted by molar-refractivity contribution is 6.30. The lowest BCUT2D eigenvalue weighted by atomic mass is 10.0. The summed E-state index contributed by atoms with van der Waals surface area (Å²) in [7, 11) is 0. The third-order valence-electron chi connectivity index (χ3n) is 2.87. The van der Waals surface area contributed by atoms with Gasteiger partial charge in [-0.3, -0.25) is 9.69 Å². The van der Waals surface area contributed by atoms with Gasteiger partial charge >= 0.3 is 0 Å². The van der Waals surface area contributed by atoms with E-state index in [1.165, 1.54) is 0 Å². The third-order valence-corrected chi connectivity index (χ3v) is 3.12. The molecule has 0 amide bonds. The number of hydrogen-bond donors (Lipinski definition) is 0. The number of carbonyl (C=O) groups excluding carboxylic acids is 1. The van der Waals surface area contributed by atoms with Gasteiger partial charge in [-0.2, -0.15) is 0 Å². The molecule has 0 aromatic heterocycles. The van der Waals surface area contributed by atoms with E-state index < -0.39 is 0 Å². The second-order valence-electron chi connectivity index (χ2n) is 3.77. The van der Waals surface area contributed by atoms with E-state index in [1.807, 2.05) is 6.92 Å². The fourth-order valence-electron chi connectivity index (χ4n) is 1.79. The van der Waals surface area contributed by atoms with Gasteiger partial charge in [0.05, 0.1) is 6.04 Å². The molecule has 0 saturated carbocycles. The Morgan fingerprint density at radius 3 is 2.19 bits per heavy atom. The van der Waals surface area contributed by atoms with Crippen LogP contribution in [-0.4, -0.2) is 29.8 Å². The molecule has 0 fully saturated rings. The predicted molar refractivity (Wildman–Crippen MR) is 68.2 cm³/mol. The summed E-state index contributed by atoms with van der Waals surface area (Å²) in [5.41, 5.74) is 0.726. The van der Waals surface area contributed by atoms with Gasteiger partial charge in [0.25, 0.3) is 0 Å². The fraction of sp³-hybridized carbons (Fsp3) is 0.462. The molecule has 0 heterocycles. The third kappa shape index (κ3) is 3.06. The number of rotatable bonds is 5. The summed E-state index contributed by atoms with van der Waals surface area (Å²) < 4.78 is 0. The van der Waals surface area contributed by atoms with Crippen molar-refractivity contribution in [3.63, 3.8) is 0 Å². The van der Waals surface area contributed by atoms with Crippen LogP contribution in [0, 0.1) is 0 Å². The first-order valence-electron chi connectivity index (χ1n) is 5.64. The first-order chi connectivity index (χ1) is 7.60. The molecule has 1 atom stereocenters. The van der Waals surface area contributed by atoms with Crippen LogP contribution >= 0.6 is 11.6 Å². The number of nitrogens with zero attached hydrogens (tertiary/aromatic N) is 1. The lowest BCUT2D eigenvalue weighted by Crippen LogP contribution is -2.38. The van der Waals surface area contributed by atoms with Gasteiger partial charge in [-0.15, -0.1) is 0 Å². The van der Waals surface area contributed by atoms with Crippen molar-refractivity contribution in [3.05, 3.63) is 34.9 Å². The monoisotopic (exact) mass is 239 g/mol. The smallest absolute Gasteiger partial charge is 0.179 e. The Balaban J connectivity index is 2.81. The van der Waals surface area contributed by atoms with Crippen molar-refractivity contribution in [2.24, 2.45) is 0 Å². The Labute approximate surface area is 102 Å². The summed E-state index contributed by atoms with van der Waals surface area (Å²) >= 11 is 5.79. The highest BCUT2D eigenvalue weighted by Crippen LogP contribution is 2.13. The molecule has 0 saturated heterocycles. The number of Topliss-reactive ketones (excluding diaryl/α,β-unsaturated/α-hetero) is 1. The van der Waals surface area contributed by atoms with Crippen LogP contribution < -0.4 is 0 Å². The summed E-state index contributed by atoms with van der Waals surface area (Å²) in [5.74, 6) is 0.153. The molecule has 0 aliphatic carbocycles. The van der Waals surface area contributed by atoms with Crippen LogP contribution in [-0.2, 0) is 0 Å². The molecule has 0 radical (unpaired) electrons. The van der Waals surface area contributed by atoms with E-state index in [2.05, 4.69) is 18.7 Å². The van der Waals surface area contributed by atoms with Crippen molar-refractivity contribution in [1.29, 1.82) is 0 Å². The largest absolute Gasteiger partial charge is 0.294 e. The van der Waals surface area contributed by atoms with Gasteiger partial charge in [-0.1, -0.05) is 25.4 Å². The summed E-state index contributed by atoms with van der Waals surface area (Å²) in [6.07, 6.45) is 0. The van der Waals surface area contributed by atoms with Crippen LogP contribution in [0.3, 0.4) is 0 Å². The Bertz CT molecular complexity index is 343. The van der Waals surface area contributed by atoms with E-state index in [0.717, 1.165) is 18.7 Å². The quantitative estimate of drug-likeness (QED) is 0.736. The van der Waals surface area contributed by atoms with Crippen LogP contribution in [0.4, 0.5) is 0 Å². The standard InChI is InChI=1S/C13H18ClNO/c1-4-15(5-2)10(3)13(16)11-6-8-12(14)9-7-11/h6-10H,4-5H2,1-3H3. The Hall–Kier alpha value is -0.860. The molecule has 0 N–H and O–H groups in total. The number of benzene rings is 1. The van der Waals surface area contributed by atoms with Crippen molar-refractivity contribution in [3.8, 4) is 0 Å². The second kappa shape index (κ2) is 6.02. The van der Waals surface area contributed by atoms with E-state index >= 15 is 0 Å². The van der Waals surface area contributed by atoms with Crippen molar-refractivity contribution < 1.29 is 4.79 Å². The van der Waals surface area contributed by atoms with Gasteiger partial charge in [0.15, 0.2) is 5.78 Å². The number of ketones is 1. The average molecular weight is 240 g/mol. The van der Waals surface area contributed by atoms with Crippen molar-refractivity contribution >= 4 is 17.4 Å². The summed E-state index contributed by atoms with van der Waals surface area (Å²) in [5, 5.41) is 0.659. The van der Waals surface area contributed by atoms with E-state index in [1.54, 1.807) is 24.3 Å². The zero-order chi connectivity index (χ0) is 12.1. The molecule has 0 aliphatic heterocycles. The molecule has 88 valence electrons. The van der Waals surface area contributed by atoms with Gasteiger partial charge < -0.3 is 0 Å². The molecule has 0 spiro atoms. The minimum absolute atomic E-state index is 0.0730. The molecule has 0 aliphatic rings. The zero-order valence-electron chi connectivity index (χ0n) is 10.0. The Kier molecular flexibility index (Phi) is 4.97. The molecular weight excluding hydrogens is 222 g/mol. The van der Waals surface area contributed by atoms with E-state index in [-0.39, 0.29) is 11.8 Å². The van der Waals surface area contributed by atoms with Gasteiger partial charge in [-0.05, 0) is 44.3 Å². The van der Waals surface area contributed by atoms with E-state index in [4.69, 9.17) is 11.6 Å². The maximum Gasteiger partial charge on any atom is 0.179 e. The van der Waals surface area contributed by atoms with Crippen LogP contribution in [0.5, 0.6) is 0 Å². The minimum Gasteiger partial charge on any atom is -0.294 e. The summed E-state index contributed by atoms with van der Waals surface area (Å²) in [6, 6.07) is 7.00. The number of halogens is 1. The van der Waals surface area contributed by atoms with Crippen molar-refractivity contribution in [1.82, 2.24) is 4.90 Å². The van der Waals surface area contributed by atoms with Crippen molar-refractivity contribution in [2.45, 2.75) is 26.8 Å². The molecule has 16 heavy (non-hydrogen) atoms. The maximum absolute atomic E-state index is 12.1. The Morgan fingerprint density at radius 1 is 1.25 bits per heavy atom. The lowest BCUT2D eigenvalue weighted by molar-refractivity contribution is 0.0851. The molecule has 0 bridgehead atoms. The van der Waals surface area contributed by atoms with Gasteiger partial charge in [0, 0.05) is 10.6 Å². The maximum atomic E-state index is 12.1. The molecule has 1 aromatic carbocycles. The van der Waals surface area contributed by atoms with Gasteiger partial charge in [0.2, 0.25) is 0 Å². The molecule has 3 heteroatoms. The van der Waals surface area contributed by atoms with Crippen LogP contribution in [0.1, 0.15) is 31.1 Å². The zero-order valence-corrected chi connectivity index (χ0v) is 10.8. The normalized spacial score (nSPS) is 12.8. The summed E-state index contributed by atoms with van der Waals surface area (Å²) in [4.78, 5) is 14.3. The fourth-order valence-corrected chi connectivity index (χ4v) is 1.92.